The number of aromatic nitrogens is 4. The minimum atomic E-state index is 0.196. The van der Waals surface area contributed by atoms with Crippen LogP contribution in [-0.2, 0) is 0 Å². The highest BCUT2D eigenvalue weighted by Crippen LogP contribution is 2.19. The quantitative estimate of drug-likeness (QED) is 0.526. The number of fused-ring (bicyclic) bond motifs is 1. The molecule has 0 amide bonds. The molecule has 0 bridgehead atoms. The van der Waals surface area contributed by atoms with Gasteiger partial charge in [-0.25, -0.2) is 9.67 Å². The van der Waals surface area contributed by atoms with Crippen LogP contribution in [0.1, 0.15) is 0 Å². The predicted octanol–water partition coefficient (Wildman–Crippen LogP) is 2.05. The molecule has 0 spiro atoms. The summed E-state index contributed by atoms with van der Waals surface area (Å²) < 4.78 is 1.70. The highest BCUT2D eigenvalue weighted by molar-refractivity contribution is 6.28. The van der Waals surface area contributed by atoms with Gasteiger partial charge in [0.15, 0.2) is 5.82 Å². The normalized spacial score (nSPS) is 10.9. The van der Waals surface area contributed by atoms with Crippen molar-refractivity contribution >= 4 is 28.2 Å². The lowest BCUT2D eigenvalue weighted by molar-refractivity contribution is 0.866. The van der Waals surface area contributed by atoms with Gasteiger partial charge in [-0.1, -0.05) is 0 Å². The highest BCUT2D eigenvalue weighted by atomic mass is 35.5. The lowest BCUT2D eigenvalue weighted by Gasteiger charge is -2.02. The van der Waals surface area contributed by atoms with Crippen molar-refractivity contribution < 1.29 is 0 Å². The first-order chi connectivity index (χ1) is 8.24. The molecule has 17 heavy (non-hydrogen) atoms. The zero-order valence-corrected chi connectivity index (χ0v) is 9.46. The van der Waals surface area contributed by atoms with E-state index in [0.717, 1.165) is 10.9 Å². The molecule has 0 saturated heterocycles. The van der Waals surface area contributed by atoms with Crippen LogP contribution in [0.2, 0.25) is 5.28 Å². The van der Waals surface area contributed by atoms with Crippen LogP contribution >= 0.6 is 11.6 Å². The number of nitrogens with two attached hydrogens (primary N) is 1. The summed E-state index contributed by atoms with van der Waals surface area (Å²) in [6.45, 7) is 0. The summed E-state index contributed by atoms with van der Waals surface area (Å²) in [5.74, 6) is 0.629. The third-order valence-electron chi connectivity index (χ3n) is 2.42. The van der Waals surface area contributed by atoms with Crippen molar-refractivity contribution in [2.24, 2.45) is 0 Å². The second-order valence-electron chi connectivity index (χ2n) is 3.56. The number of hydrogen-bond acceptors (Lipinski definition) is 4. The Bertz CT molecular complexity index is 691. The molecule has 2 aromatic heterocycles. The maximum atomic E-state index is 5.75. The molecule has 1 aromatic carbocycles. The number of hydrogen-bond donors (Lipinski definition) is 1. The Labute approximate surface area is 102 Å². The molecule has 0 atom stereocenters. The van der Waals surface area contributed by atoms with E-state index < -0.39 is 0 Å². The summed E-state index contributed by atoms with van der Waals surface area (Å²) in [4.78, 5) is 7.95. The zero-order chi connectivity index (χ0) is 11.8. The monoisotopic (exact) mass is 245 g/mol. The Morgan fingerprint density at radius 3 is 2.94 bits per heavy atom. The largest absolute Gasteiger partial charge is 0.399 e. The van der Waals surface area contributed by atoms with Gasteiger partial charge in [0, 0.05) is 23.3 Å². The number of rotatable bonds is 1. The van der Waals surface area contributed by atoms with E-state index in [4.69, 9.17) is 17.3 Å². The fourth-order valence-corrected chi connectivity index (χ4v) is 1.82. The lowest BCUT2D eigenvalue weighted by Crippen LogP contribution is -1.99. The number of benzene rings is 1. The Hall–Kier alpha value is -2.14. The lowest BCUT2D eigenvalue weighted by atomic mass is 10.2. The van der Waals surface area contributed by atoms with Crippen molar-refractivity contribution in [2.75, 3.05) is 5.73 Å². The second kappa shape index (κ2) is 3.71. The first-order valence-corrected chi connectivity index (χ1v) is 5.34. The molecular weight excluding hydrogens is 238 g/mol. The molecule has 0 aliphatic heterocycles. The Kier molecular flexibility index (Phi) is 2.19. The van der Waals surface area contributed by atoms with E-state index in [0.29, 0.717) is 11.5 Å². The molecule has 3 aromatic rings. The van der Waals surface area contributed by atoms with Crippen LogP contribution in [0.3, 0.4) is 0 Å². The van der Waals surface area contributed by atoms with Crippen molar-refractivity contribution in [1.29, 1.82) is 0 Å². The van der Waals surface area contributed by atoms with Gasteiger partial charge in [-0.05, 0) is 29.8 Å². The van der Waals surface area contributed by atoms with E-state index in [9.17, 15) is 0 Å². The third kappa shape index (κ3) is 1.70. The van der Waals surface area contributed by atoms with Crippen LogP contribution in [0, 0.1) is 0 Å². The van der Waals surface area contributed by atoms with Crippen molar-refractivity contribution in [2.45, 2.75) is 0 Å². The molecule has 0 fully saturated rings. The minimum Gasteiger partial charge on any atom is -0.399 e. The Morgan fingerprint density at radius 1 is 1.24 bits per heavy atom. The smallest absolute Gasteiger partial charge is 0.224 e. The van der Waals surface area contributed by atoms with Crippen molar-refractivity contribution in [1.82, 2.24) is 19.7 Å². The number of nitrogen functional groups attached to an aromatic ring is 1. The molecule has 0 aliphatic carbocycles. The summed E-state index contributed by atoms with van der Waals surface area (Å²) in [6, 6.07) is 7.33. The number of halogens is 1. The predicted molar refractivity (Wildman–Crippen MR) is 66.1 cm³/mol. The summed E-state index contributed by atoms with van der Waals surface area (Å²) in [7, 11) is 0. The van der Waals surface area contributed by atoms with E-state index in [1.807, 2.05) is 18.2 Å². The molecule has 0 saturated carbocycles. The van der Waals surface area contributed by atoms with E-state index in [2.05, 4.69) is 15.1 Å². The van der Waals surface area contributed by atoms with Gasteiger partial charge in [0.25, 0.3) is 0 Å². The van der Waals surface area contributed by atoms with Gasteiger partial charge < -0.3 is 5.73 Å². The Balaban J connectivity index is 2.24. The van der Waals surface area contributed by atoms with Crippen LogP contribution in [0.5, 0.6) is 0 Å². The van der Waals surface area contributed by atoms with Gasteiger partial charge in [0.1, 0.15) is 0 Å². The van der Waals surface area contributed by atoms with Gasteiger partial charge in [0.2, 0.25) is 5.28 Å². The van der Waals surface area contributed by atoms with E-state index in [1.54, 1.807) is 23.1 Å². The summed E-state index contributed by atoms with van der Waals surface area (Å²) >= 11 is 5.75. The molecule has 2 heterocycles. The maximum Gasteiger partial charge on any atom is 0.224 e. The number of nitrogens with zero attached hydrogens (tertiary/aromatic N) is 4. The molecular formula is C11H8ClN5. The highest BCUT2D eigenvalue weighted by Gasteiger charge is 2.06. The molecule has 0 aliphatic rings. The summed E-state index contributed by atoms with van der Waals surface area (Å²) in [5.41, 5.74) is 7.34. The van der Waals surface area contributed by atoms with Gasteiger partial charge in [-0.3, -0.25) is 0 Å². The van der Waals surface area contributed by atoms with Gasteiger partial charge in [-0.2, -0.15) is 10.1 Å². The maximum absolute atomic E-state index is 5.75. The fraction of sp³-hybridized carbons (Fsp3) is 0. The summed E-state index contributed by atoms with van der Waals surface area (Å²) in [6.07, 6.45) is 3.33. The van der Waals surface area contributed by atoms with E-state index >= 15 is 0 Å². The third-order valence-corrected chi connectivity index (χ3v) is 2.60. The van der Waals surface area contributed by atoms with Gasteiger partial charge in [-0.15, -0.1) is 0 Å². The zero-order valence-electron chi connectivity index (χ0n) is 8.71. The first-order valence-electron chi connectivity index (χ1n) is 4.96. The van der Waals surface area contributed by atoms with E-state index in [1.165, 1.54) is 0 Å². The van der Waals surface area contributed by atoms with E-state index in [-0.39, 0.29) is 5.28 Å². The topological polar surface area (TPSA) is 69.6 Å². The van der Waals surface area contributed by atoms with Crippen molar-refractivity contribution in [3.05, 3.63) is 41.9 Å². The molecule has 84 valence electrons. The van der Waals surface area contributed by atoms with Crippen LogP contribution in [-0.4, -0.2) is 19.7 Å². The molecule has 2 N–H and O–H groups in total. The Morgan fingerprint density at radius 2 is 2.12 bits per heavy atom. The average molecular weight is 246 g/mol. The van der Waals surface area contributed by atoms with Crippen molar-refractivity contribution in [3.63, 3.8) is 0 Å². The average Bonchev–Trinajstić information content (AvgIpc) is 2.71. The van der Waals surface area contributed by atoms with Crippen molar-refractivity contribution in [3.8, 4) is 5.82 Å². The minimum absolute atomic E-state index is 0.196. The molecule has 3 rings (SSSR count). The SMILES string of the molecule is Nc1ccc2c(cnn2-c2ccnc(Cl)n2)c1. The molecule has 0 unspecified atom stereocenters. The first kappa shape index (κ1) is 10.0. The van der Waals surface area contributed by atoms with Crippen LogP contribution in [0.25, 0.3) is 16.7 Å². The summed E-state index contributed by atoms with van der Waals surface area (Å²) in [5, 5.41) is 5.41. The van der Waals surface area contributed by atoms with Crippen LogP contribution in [0.4, 0.5) is 5.69 Å². The molecule has 0 radical (unpaired) electrons. The fourth-order valence-electron chi connectivity index (χ4n) is 1.68. The molecule has 6 heteroatoms. The van der Waals surface area contributed by atoms with Crippen LogP contribution in [0.15, 0.2) is 36.7 Å². The second-order valence-corrected chi connectivity index (χ2v) is 3.90. The van der Waals surface area contributed by atoms with Crippen LogP contribution < -0.4 is 5.73 Å². The number of anilines is 1. The van der Waals surface area contributed by atoms with Gasteiger partial charge in [0.05, 0.1) is 11.7 Å². The molecule has 5 nitrogen and oxygen atoms in total. The van der Waals surface area contributed by atoms with Gasteiger partial charge >= 0.3 is 0 Å². The standard InChI is InChI=1S/C11H8ClN5/c12-11-14-4-3-10(16-11)17-9-2-1-8(13)5-7(9)6-15-17/h1-6H,13H2.